The van der Waals surface area contributed by atoms with Gasteiger partial charge in [-0.3, -0.25) is 0 Å². The summed E-state index contributed by atoms with van der Waals surface area (Å²) in [5.74, 6) is -0.767. The van der Waals surface area contributed by atoms with Gasteiger partial charge in [0.25, 0.3) is 0 Å². The molecule has 3 rings (SSSR count). The van der Waals surface area contributed by atoms with E-state index in [9.17, 15) is 35.7 Å². The van der Waals surface area contributed by atoms with Crippen molar-refractivity contribution < 1.29 is 40.5 Å². The highest BCUT2D eigenvalue weighted by atomic mass is 16.5. The maximum absolute atomic E-state index is 10.7. The zero-order chi connectivity index (χ0) is 21.8. The van der Waals surface area contributed by atoms with Crippen molar-refractivity contribution in [3.05, 3.63) is 42.2 Å². The highest BCUT2D eigenvalue weighted by molar-refractivity contribution is 5.30. The smallest absolute Gasteiger partial charge is 0.128 e. The van der Waals surface area contributed by atoms with E-state index in [2.05, 4.69) is 10.3 Å². The van der Waals surface area contributed by atoms with Crippen LogP contribution >= 0.6 is 0 Å². The third kappa shape index (κ3) is 4.68. The molecule has 2 aromatic rings. The molecule has 8 atom stereocenters. The molecule has 30 heavy (non-hydrogen) atoms. The maximum atomic E-state index is 10.7. The summed E-state index contributed by atoms with van der Waals surface area (Å²) in [6.45, 7) is -1.20. The van der Waals surface area contributed by atoms with E-state index in [1.165, 1.54) is 10.9 Å². The average molecular weight is 425 g/mol. The van der Waals surface area contributed by atoms with Gasteiger partial charge in [0.15, 0.2) is 0 Å². The highest BCUT2D eigenvalue weighted by Crippen LogP contribution is 2.31. The molecule has 11 nitrogen and oxygen atoms in total. The van der Waals surface area contributed by atoms with Gasteiger partial charge in [-0.1, -0.05) is 23.4 Å². The number of para-hydroxylation sites is 1. The van der Waals surface area contributed by atoms with Crippen molar-refractivity contribution in [3.8, 4) is 5.69 Å². The number of benzene rings is 1. The number of hydrogen-bond acceptors (Lipinski definition) is 10. The molecule has 1 fully saturated rings. The molecule has 0 spiro atoms. The van der Waals surface area contributed by atoms with Crippen LogP contribution in [-0.4, -0.2) is 101 Å². The van der Waals surface area contributed by atoms with Crippen molar-refractivity contribution in [1.29, 1.82) is 0 Å². The lowest BCUT2D eigenvalue weighted by molar-refractivity contribution is -0.218. The summed E-state index contributed by atoms with van der Waals surface area (Å²) in [6, 6.07) is 8.99. The van der Waals surface area contributed by atoms with Gasteiger partial charge in [-0.2, -0.15) is 0 Å². The fraction of sp³-hybridized carbons (Fsp3) is 0.579. The van der Waals surface area contributed by atoms with Gasteiger partial charge in [-0.15, -0.1) is 5.10 Å². The molecule has 7 N–H and O–H groups in total. The first kappa shape index (κ1) is 22.7. The minimum absolute atomic E-state index is 0.0338. The zero-order valence-corrected chi connectivity index (χ0v) is 16.1. The SMILES string of the molecule is OCC(O)C(O[C@@H]1C[C@H](CO)[C@H](O)[C@H](O)[C@H]1O)[C@@H](O)c1cn(-c2ccccc2)nn1. The van der Waals surface area contributed by atoms with Crippen molar-refractivity contribution in [2.45, 2.75) is 49.1 Å². The van der Waals surface area contributed by atoms with E-state index in [0.717, 1.165) is 0 Å². The van der Waals surface area contributed by atoms with Crippen LogP contribution in [0, 0.1) is 5.92 Å². The van der Waals surface area contributed by atoms with Gasteiger partial charge >= 0.3 is 0 Å². The van der Waals surface area contributed by atoms with E-state index in [-0.39, 0.29) is 12.1 Å². The van der Waals surface area contributed by atoms with Crippen molar-refractivity contribution in [1.82, 2.24) is 15.0 Å². The van der Waals surface area contributed by atoms with Crippen molar-refractivity contribution in [2.75, 3.05) is 13.2 Å². The molecule has 166 valence electrons. The van der Waals surface area contributed by atoms with Crippen LogP contribution in [0.3, 0.4) is 0 Å². The maximum Gasteiger partial charge on any atom is 0.128 e. The molecule has 1 heterocycles. The van der Waals surface area contributed by atoms with Crippen LogP contribution in [0.25, 0.3) is 5.69 Å². The Morgan fingerprint density at radius 1 is 1.03 bits per heavy atom. The van der Waals surface area contributed by atoms with Gasteiger partial charge in [0, 0.05) is 12.5 Å². The lowest BCUT2D eigenvalue weighted by atomic mass is 9.81. The second-order valence-corrected chi connectivity index (χ2v) is 7.41. The van der Waals surface area contributed by atoms with Crippen LogP contribution in [0.1, 0.15) is 18.2 Å². The van der Waals surface area contributed by atoms with Gasteiger partial charge < -0.3 is 40.5 Å². The molecule has 1 aromatic carbocycles. The Labute approximate surface area is 172 Å². The van der Waals surface area contributed by atoms with Crippen molar-refractivity contribution in [3.63, 3.8) is 0 Å². The Hall–Kier alpha value is -1.96. The van der Waals surface area contributed by atoms with E-state index in [0.29, 0.717) is 5.69 Å². The van der Waals surface area contributed by atoms with Crippen LogP contribution in [0.15, 0.2) is 36.5 Å². The molecular formula is C19H27N3O8. The monoisotopic (exact) mass is 425 g/mol. The van der Waals surface area contributed by atoms with Gasteiger partial charge in [-0.25, -0.2) is 4.68 Å². The van der Waals surface area contributed by atoms with Crippen LogP contribution in [0.2, 0.25) is 0 Å². The number of ether oxygens (including phenoxy) is 1. The molecular weight excluding hydrogens is 398 g/mol. The molecule has 0 bridgehead atoms. The number of rotatable bonds is 8. The largest absolute Gasteiger partial charge is 0.396 e. The predicted molar refractivity (Wildman–Crippen MR) is 101 cm³/mol. The molecule has 1 aliphatic rings. The van der Waals surface area contributed by atoms with Crippen LogP contribution in [0.5, 0.6) is 0 Å². The van der Waals surface area contributed by atoms with Gasteiger partial charge in [-0.05, 0) is 18.6 Å². The van der Waals surface area contributed by atoms with E-state index < -0.39 is 61.9 Å². The molecule has 1 aliphatic carbocycles. The van der Waals surface area contributed by atoms with Gasteiger partial charge in [0.1, 0.15) is 36.2 Å². The average Bonchev–Trinajstić information content (AvgIpc) is 3.27. The Kier molecular flexibility index (Phi) is 7.50. The third-order valence-electron chi connectivity index (χ3n) is 5.38. The number of hydrogen-bond donors (Lipinski definition) is 7. The highest BCUT2D eigenvalue weighted by Gasteiger charge is 2.45. The number of aliphatic hydroxyl groups is 7. The second kappa shape index (κ2) is 9.90. The van der Waals surface area contributed by atoms with E-state index in [1.807, 2.05) is 6.07 Å². The van der Waals surface area contributed by atoms with Crippen LogP contribution in [-0.2, 0) is 4.74 Å². The number of nitrogens with zero attached hydrogens (tertiary/aromatic N) is 3. The molecule has 1 aromatic heterocycles. The summed E-state index contributed by atoms with van der Waals surface area (Å²) in [5, 5.41) is 77.8. The summed E-state index contributed by atoms with van der Waals surface area (Å²) in [7, 11) is 0. The summed E-state index contributed by atoms with van der Waals surface area (Å²) >= 11 is 0. The normalized spacial score (nSPS) is 30.0. The molecule has 0 radical (unpaired) electrons. The minimum Gasteiger partial charge on any atom is -0.396 e. The van der Waals surface area contributed by atoms with Gasteiger partial charge in [0.2, 0.25) is 0 Å². The summed E-state index contributed by atoms with van der Waals surface area (Å²) < 4.78 is 7.08. The Balaban J connectivity index is 1.80. The lowest BCUT2D eigenvalue weighted by Gasteiger charge is -2.41. The Morgan fingerprint density at radius 3 is 2.37 bits per heavy atom. The fourth-order valence-electron chi connectivity index (χ4n) is 3.57. The minimum atomic E-state index is -1.58. The molecule has 1 saturated carbocycles. The van der Waals surface area contributed by atoms with E-state index in [4.69, 9.17) is 4.74 Å². The predicted octanol–water partition coefficient (Wildman–Crippen LogP) is -2.50. The number of aromatic nitrogens is 3. The van der Waals surface area contributed by atoms with Gasteiger partial charge in [0.05, 0.1) is 30.7 Å². The van der Waals surface area contributed by atoms with Crippen LogP contribution < -0.4 is 0 Å². The molecule has 11 heteroatoms. The van der Waals surface area contributed by atoms with Crippen molar-refractivity contribution >= 4 is 0 Å². The first-order chi connectivity index (χ1) is 14.4. The Morgan fingerprint density at radius 2 is 1.73 bits per heavy atom. The zero-order valence-electron chi connectivity index (χ0n) is 16.1. The first-order valence-electron chi connectivity index (χ1n) is 9.62. The number of aliphatic hydroxyl groups excluding tert-OH is 7. The van der Waals surface area contributed by atoms with E-state index in [1.54, 1.807) is 24.3 Å². The fourth-order valence-corrected chi connectivity index (χ4v) is 3.57. The van der Waals surface area contributed by atoms with Crippen LogP contribution in [0.4, 0.5) is 0 Å². The summed E-state index contributed by atoms with van der Waals surface area (Å²) in [6.07, 6.45) is -8.64. The molecule has 2 unspecified atom stereocenters. The first-order valence-corrected chi connectivity index (χ1v) is 9.62. The lowest BCUT2D eigenvalue weighted by Crippen LogP contribution is -2.57. The molecule has 0 amide bonds. The standard InChI is InChI=1S/C19H27N3O8/c23-8-10-6-14(17(28)18(29)15(10)26)30-19(13(25)9-24)16(27)12-7-22(21-20-12)11-4-2-1-3-5-11/h1-5,7,10,13-19,23-29H,6,8-9H2/t10-,13?,14-,15+,16+,17+,18+,19?/m1/s1. The summed E-state index contributed by atoms with van der Waals surface area (Å²) in [4.78, 5) is 0. The molecule has 0 saturated heterocycles. The second-order valence-electron chi connectivity index (χ2n) is 7.41. The summed E-state index contributed by atoms with van der Waals surface area (Å²) in [5.41, 5.74) is 0.746. The molecule has 0 aliphatic heterocycles. The third-order valence-corrected chi connectivity index (χ3v) is 5.38. The van der Waals surface area contributed by atoms with E-state index >= 15 is 0 Å². The Bertz CT molecular complexity index is 789. The topological polar surface area (TPSA) is 182 Å². The van der Waals surface area contributed by atoms with Crippen molar-refractivity contribution in [2.24, 2.45) is 5.92 Å². The quantitative estimate of drug-likeness (QED) is 0.239.